The second-order valence-electron chi connectivity index (χ2n) is 3.18. The molecule has 76 valence electrons. The fourth-order valence-electron chi connectivity index (χ4n) is 1.24. The first-order valence-corrected chi connectivity index (χ1v) is 4.43. The van der Waals surface area contributed by atoms with Gasteiger partial charge in [-0.1, -0.05) is 0 Å². The van der Waals surface area contributed by atoms with E-state index < -0.39 is 0 Å². The van der Waals surface area contributed by atoms with E-state index >= 15 is 0 Å². The van der Waals surface area contributed by atoms with E-state index in [1.54, 1.807) is 13.0 Å². The van der Waals surface area contributed by atoms with Gasteiger partial charge in [0, 0.05) is 19.1 Å². The first kappa shape index (κ1) is 10.9. The zero-order valence-electron chi connectivity index (χ0n) is 8.34. The summed E-state index contributed by atoms with van der Waals surface area (Å²) in [5.41, 5.74) is 1.17. The molecule has 0 bridgehead atoms. The minimum atomic E-state index is -0.370. The van der Waals surface area contributed by atoms with Gasteiger partial charge in [-0.15, -0.1) is 0 Å². The number of Topliss-reactive ketones (excluding diaryl/α,β-unsaturated/α-hetero) is 1. The molecule has 0 unspecified atom stereocenters. The van der Waals surface area contributed by atoms with E-state index in [4.69, 9.17) is 4.74 Å². The SMILES string of the molecule is COCCC(=O)c1cc(C)cc(F)c1. The largest absolute Gasteiger partial charge is 0.384 e. The Morgan fingerprint density at radius 3 is 2.71 bits per heavy atom. The van der Waals surface area contributed by atoms with E-state index in [1.165, 1.54) is 19.2 Å². The van der Waals surface area contributed by atoms with Crippen LogP contribution in [0.3, 0.4) is 0 Å². The number of aryl methyl sites for hydroxylation is 1. The van der Waals surface area contributed by atoms with Crippen LogP contribution in [-0.4, -0.2) is 19.5 Å². The smallest absolute Gasteiger partial charge is 0.165 e. The monoisotopic (exact) mass is 196 g/mol. The Kier molecular flexibility index (Phi) is 3.77. The van der Waals surface area contributed by atoms with Crippen LogP contribution in [0.1, 0.15) is 22.3 Å². The molecule has 0 aliphatic carbocycles. The van der Waals surface area contributed by atoms with Gasteiger partial charge >= 0.3 is 0 Å². The fraction of sp³-hybridized carbons (Fsp3) is 0.364. The van der Waals surface area contributed by atoms with Crippen molar-refractivity contribution >= 4 is 5.78 Å². The van der Waals surface area contributed by atoms with Crippen molar-refractivity contribution in [2.45, 2.75) is 13.3 Å². The van der Waals surface area contributed by atoms with Crippen molar-refractivity contribution in [3.63, 3.8) is 0 Å². The van der Waals surface area contributed by atoms with Crippen molar-refractivity contribution < 1.29 is 13.9 Å². The van der Waals surface area contributed by atoms with Crippen molar-refractivity contribution in [1.82, 2.24) is 0 Å². The summed E-state index contributed by atoms with van der Waals surface area (Å²) in [7, 11) is 1.53. The van der Waals surface area contributed by atoms with Gasteiger partial charge in [-0.3, -0.25) is 4.79 Å². The van der Waals surface area contributed by atoms with Crippen molar-refractivity contribution in [1.29, 1.82) is 0 Å². The summed E-state index contributed by atoms with van der Waals surface area (Å²) in [6.07, 6.45) is 0.291. The molecule has 2 nitrogen and oxygen atoms in total. The van der Waals surface area contributed by atoms with Gasteiger partial charge in [0.1, 0.15) is 5.82 Å². The van der Waals surface area contributed by atoms with Gasteiger partial charge in [0.2, 0.25) is 0 Å². The van der Waals surface area contributed by atoms with Gasteiger partial charge in [0.05, 0.1) is 6.61 Å². The molecule has 1 aromatic rings. The summed E-state index contributed by atoms with van der Waals surface area (Å²) >= 11 is 0. The Morgan fingerprint density at radius 2 is 2.14 bits per heavy atom. The molecule has 0 heterocycles. The molecule has 14 heavy (non-hydrogen) atoms. The number of halogens is 1. The normalized spacial score (nSPS) is 10.2. The maximum absolute atomic E-state index is 12.9. The van der Waals surface area contributed by atoms with Crippen molar-refractivity contribution in [2.75, 3.05) is 13.7 Å². The minimum Gasteiger partial charge on any atom is -0.384 e. The van der Waals surface area contributed by atoms with Crippen LogP contribution in [0.4, 0.5) is 4.39 Å². The summed E-state index contributed by atoms with van der Waals surface area (Å²) in [4.78, 5) is 11.5. The number of rotatable bonds is 4. The third-order valence-corrected chi connectivity index (χ3v) is 1.90. The first-order chi connectivity index (χ1) is 6.63. The standard InChI is InChI=1S/C11H13FO2/c1-8-5-9(7-10(12)6-8)11(13)3-4-14-2/h5-7H,3-4H2,1-2H3. The Hall–Kier alpha value is -1.22. The van der Waals surface area contributed by atoms with Crippen molar-refractivity contribution in [3.8, 4) is 0 Å². The second-order valence-corrected chi connectivity index (χ2v) is 3.18. The van der Waals surface area contributed by atoms with Crippen LogP contribution >= 0.6 is 0 Å². The topological polar surface area (TPSA) is 26.3 Å². The Morgan fingerprint density at radius 1 is 1.43 bits per heavy atom. The predicted molar refractivity (Wildman–Crippen MR) is 52.0 cm³/mol. The molecule has 3 heteroatoms. The number of hydrogen-bond donors (Lipinski definition) is 0. The number of methoxy groups -OCH3 is 1. The number of ketones is 1. The van der Waals surface area contributed by atoms with Gasteiger partial charge in [-0.2, -0.15) is 0 Å². The van der Waals surface area contributed by atoms with Gasteiger partial charge in [-0.25, -0.2) is 4.39 Å². The van der Waals surface area contributed by atoms with E-state index in [-0.39, 0.29) is 11.6 Å². The average molecular weight is 196 g/mol. The Balaban J connectivity index is 2.79. The highest BCUT2D eigenvalue weighted by atomic mass is 19.1. The summed E-state index contributed by atoms with van der Waals surface area (Å²) in [6, 6.07) is 4.33. The molecular weight excluding hydrogens is 183 g/mol. The number of benzene rings is 1. The molecular formula is C11H13FO2. The number of hydrogen-bond acceptors (Lipinski definition) is 2. The molecule has 0 aromatic heterocycles. The number of ether oxygens (including phenoxy) is 1. The second kappa shape index (κ2) is 4.86. The molecule has 0 N–H and O–H groups in total. The van der Waals surface area contributed by atoms with E-state index in [2.05, 4.69) is 0 Å². The van der Waals surface area contributed by atoms with Gasteiger partial charge in [0.25, 0.3) is 0 Å². The van der Waals surface area contributed by atoms with Crippen LogP contribution in [0.15, 0.2) is 18.2 Å². The van der Waals surface area contributed by atoms with Crippen LogP contribution < -0.4 is 0 Å². The lowest BCUT2D eigenvalue weighted by molar-refractivity contribution is 0.0931. The van der Waals surface area contributed by atoms with Gasteiger partial charge < -0.3 is 4.74 Å². The first-order valence-electron chi connectivity index (χ1n) is 4.43. The van der Waals surface area contributed by atoms with Crippen LogP contribution in [0, 0.1) is 12.7 Å². The minimum absolute atomic E-state index is 0.0885. The quantitative estimate of drug-likeness (QED) is 0.691. The van der Waals surface area contributed by atoms with Crippen molar-refractivity contribution in [3.05, 3.63) is 35.1 Å². The highest BCUT2D eigenvalue weighted by molar-refractivity contribution is 5.96. The molecule has 0 radical (unpaired) electrons. The van der Waals surface area contributed by atoms with Crippen LogP contribution in [0.5, 0.6) is 0 Å². The Bertz CT molecular complexity index is 314. The molecule has 1 rings (SSSR count). The van der Waals surface area contributed by atoms with Crippen LogP contribution in [-0.2, 0) is 4.74 Å². The van der Waals surface area contributed by atoms with Crippen molar-refractivity contribution in [2.24, 2.45) is 0 Å². The highest BCUT2D eigenvalue weighted by Gasteiger charge is 2.07. The summed E-state index contributed by atoms with van der Waals surface area (Å²) < 4.78 is 17.7. The summed E-state index contributed by atoms with van der Waals surface area (Å²) in [6.45, 7) is 2.13. The van der Waals surface area contributed by atoms with E-state index in [0.717, 1.165) is 5.56 Å². The third-order valence-electron chi connectivity index (χ3n) is 1.90. The van der Waals surface area contributed by atoms with Gasteiger partial charge in [-0.05, 0) is 30.7 Å². The maximum Gasteiger partial charge on any atom is 0.165 e. The third kappa shape index (κ3) is 2.92. The molecule has 0 aliphatic heterocycles. The molecule has 1 aromatic carbocycles. The molecule has 0 fully saturated rings. The molecule has 0 spiro atoms. The highest BCUT2D eigenvalue weighted by Crippen LogP contribution is 2.10. The predicted octanol–water partition coefficient (Wildman–Crippen LogP) is 2.35. The lowest BCUT2D eigenvalue weighted by Crippen LogP contribution is -2.04. The fourth-order valence-corrected chi connectivity index (χ4v) is 1.24. The number of carbonyl (C=O) groups excluding carboxylic acids is 1. The molecule has 0 saturated heterocycles. The van der Waals surface area contributed by atoms with Gasteiger partial charge in [0.15, 0.2) is 5.78 Å². The zero-order valence-corrected chi connectivity index (χ0v) is 8.34. The van der Waals surface area contributed by atoms with E-state index in [9.17, 15) is 9.18 Å². The molecule has 0 aliphatic rings. The van der Waals surface area contributed by atoms with Crippen LogP contribution in [0.25, 0.3) is 0 Å². The number of carbonyl (C=O) groups is 1. The molecule has 0 amide bonds. The van der Waals surface area contributed by atoms with Crippen LogP contribution in [0.2, 0.25) is 0 Å². The lowest BCUT2D eigenvalue weighted by Gasteiger charge is -2.02. The zero-order chi connectivity index (χ0) is 10.6. The summed E-state index contributed by atoms with van der Waals surface area (Å²) in [5, 5.41) is 0. The lowest BCUT2D eigenvalue weighted by atomic mass is 10.1. The van der Waals surface area contributed by atoms with E-state index in [0.29, 0.717) is 18.6 Å². The Labute approximate surface area is 82.7 Å². The van der Waals surface area contributed by atoms with E-state index in [1.807, 2.05) is 0 Å². The summed E-state index contributed by atoms with van der Waals surface area (Å²) in [5.74, 6) is -0.458. The average Bonchev–Trinajstić information content (AvgIpc) is 2.12. The molecule has 0 saturated carbocycles. The maximum atomic E-state index is 12.9. The molecule has 0 atom stereocenters.